The number of nitrogens with zero attached hydrogens (tertiary/aromatic N) is 1. The van der Waals surface area contributed by atoms with Crippen LogP contribution in [0, 0.1) is 18.8 Å². The molecule has 0 bridgehead atoms. The molecular formula is C18H20N2O4. The second-order valence-electron chi connectivity index (χ2n) is 6.69. The summed E-state index contributed by atoms with van der Waals surface area (Å²) < 4.78 is 5.69. The zero-order valence-electron chi connectivity index (χ0n) is 13.5. The Morgan fingerprint density at radius 2 is 2.17 bits per heavy atom. The number of likely N-dealkylation sites (tertiary alicyclic amines) is 1. The topological polar surface area (TPSA) is 82.6 Å². The molecule has 126 valence electrons. The van der Waals surface area contributed by atoms with Crippen molar-refractivity contribution in [2.24, 2.45) is 11.8 Å². The number of para-hydroxylation sites is 1. The molecule has 3 atom stereocenters. The summed E-state index contributed by atoms with van der Waals surface area (Å²) in [6, 6.07) is 7.48. The van der Waals surface area contributed by atoms with Gasteiger partial charge in [0.1, 0.15) is 5.56 Å². The summed E-state index contributed by atoms with van der Waals surface area (Å²) in [7, 11) is 0. The second kappa shape index (κ2) is 5.72. The Labute approximate surface area is 139 Å². The van der Waals surface area contributed by atoms with Gasteiger partial charge in [0.25, 0.3) is 11.5 Å². The molecule has 24 heavy (non-hydrogen) atoms. The number of nitrogens with one attached hydrogen (secondary N) is 1. The average molecular weight is 328 g/mol. The number of fused-ring (bicyclic) bond motifs is 2. The van der Waals surface area contributed by atoms with Crippen LogP contribution in [-0.4, -0.2) is 53.3 Å². The summed E-state index contributed by atoms with van der Waals surface area (Å²) >= 11 is 0. The quantitative estimate of drug-likeness (QED) is 0.859. The van der Waals surface area contributed by atoms with Gasteiger partial charge in [-0.05, 0) is 18.6 Å². The number of H-pyrrole nitrogens is 1. The minimum absolute atomic E-state index is 0.0362. The van der Waals surface area contributed by atoms with E-state index in [9.17, 15) is 14.7 Å². The Morgan fingerprint density at radius 3 is 2.96 bits per heavy atom. The SMILES string of the molecule is Cc1c(C(=O)N2C[C@H]3[C@@H](CO)CO[C@H]3C2)c(=O)[nH]c2ccccc12. The minimum Gasteiger partial charge on any atom is -0.396 e. The van der Waals surface area contributed by atoms with Gasteiger partial charge in [0, 0.05) is 42.4 Å². The Bertz CT molecular complexity index is 860. The molecule has 2 N–H and O–H groups in total. The van der Waals surface area contributed by atoms with Gasteiger partial charge in [-0.2, -0.15) is 0 Å². The van der Waals surface area contributed by atoms with Crippen LogP contribution >= 0.6 is 0 Å². The van der Waals surface area contributed by atoms with E-state index in [1.807, 2.05) is 31.2 Å². The van der Waals surface area contributed by atoms with Crippen molar-refractivity contribution in [3.8, 4) is 0 Å². The first-order valence-electron chi connectivity index (χ1n) is 8.23. The highest BCUT2D eigenvalue weighted by Crippen LogP contribution is 2.34. The van der Waals surface area contributed by atoms with Gasteiger partial charge in [-0.25, -0.2) is 0 Å². The highest BCUT2D eigenvalue weighted by atomic mass is 16.5. The molecule has 2 aliphatic heterocycles. The number of aromatic amines is 1. The molecular weight excluding hydrogens is 308 g/mol. The number of amides is 1. The fourth-order valence-corrected chi connectivity index (χ4v) is 3.98. The maximum atomic E-state index is 12.9. The lowest BCUT2D eigenvalue weighted by molar-refractivity contribution is 0.0654. The summed E-state index contributed by atoms with van der Waals surface area (Å²) in [6.45, 7) is 3.43. The van der Waals surface area contributed by atoms with Crippen LogP contribution in [0.25, 0.3) is 10.9 Å². The molecule has 0 spiro atoms. The average Bonchev–Trinajstić information content (AvgIpc) is 3.15. The molecule has 2 fully saturated rings. The van der Waals surface area contributed by atoms with E-state index in [-0.39, 0.29) is 41.6 Å². The van der Waals surface area contributed by atoms with Crippen molar-refractivity contribution in [2.75, 3.05) is 26.3 Å². The van der Waals surface area contributed by atoms with E-state index in [2.05, 4.69) is 4.98 Å². The summed E-state index contributed by atoms with van der Waals surface area (Å²) in [5.74, 6) is -0.0308. The fraction of sp³-hybridized carbons (Fsp3) is 0.444. The molecule has 2 aliphatic rings. The molecule has 1 aromatic carbocycles. The summed E-state index contributed by atoms with van der Waals surface area (Å²) in [6.07, 6.45) is -0.0362. The highest BCUT2D eigenvalue weighted by molar-refractivity contribution is 6.00. The number of aromatic nitrogens is 1. The summed E-state index contributed by atoms with van der Waals surface area (Å²) in [5.41, 5.74) is 1.29. The Balaban J connectivity index is 1.69. The van der Waals surface area contributed by atoms with E-state index < -0.39 is 0 Å². The van der Waals surface area contributed by atoms with Crippen LogP contribution < -0.4 is 5.56 Å². The Kier molecular flexibility index (Phi) is 3.66. The van der Waals surface area contributed by atoms with Gasteiger partial charge < -0.3 is 19.7 Å². The number of hydrogen-bond donors (Lipinski definition) is 2. The summed E-state index contributed by atoms with van der Waals surface area (Å²) in [5, 5.41) is 10.3. The van der Waals surface area contributed by atoms with E-state index in [4.69, 9.17) is 4.74 Å². The number of hydrogen-bond acceptors (Lipinski definition) is 4. The number of pyridine rings is 1. The number of aryl methyl sites for hydroxylation is 1. The van der Waals surface area contributed by atoms with Gasteiger partial charge >= 0.3 is 0 Å². The second-order valence-corrected chi connectivity index (χ2v) is 6.69. The number of ether oxygens (including phenoxy) is 1. The third kappa shape index (κ3) is 2.25. The van der Waals surface area contributed by atoms with Gasteiger partial charge in [0.15, 0.2) is 0 Å². The molecule has 1 amide bonds. The molecule has 3 heterocycles. The molecule has 2 saturated heterocycles. The van der Waals surface area contributed by atoms with E-state index in [0.717, 1.165) is 10.9 Å². The Hall–Kier alpha value is -2.18. The highest BCUT2D eigenvalue weighted by Gasteiger charge is 2.45. The van der Waals surface area contributed by atoms with Crippen LogP contribution in [0.4, 0.5) is 0 Å². The molecule has 0 saturated carbocycles. The van der Waals surface area contributed by atoms with Crippen LogP contribution in [-0.2, 0) is 4.74 Å². The molecule has 2 aromatic rings. The third-order valence-electron chi connectivity index (χ3n) is 5.36. The first kappa shape index (κ1) is 15.4. The predicted molar refractivity (Wildman–Crippen MR) is 89.0 cm³/mol. The lowest BCUT2D eigenvalue weighted by Crippen LogP contribution is -2.36. The Morgan fingerprint density at radius 1 is 1.38 bits per heavy atom. The molecule has 1 aromatic heterocycles. The van der Waals surface area contributed by atoms with Gasteiger partial charge in [-0.15, -0.1) is 0 Å². The number of carbonyl (C=O) groups excluding carboxylic acids is 1. The van der Waals surface area contributed by atoms with Crippen LogP contribution in [0.15, 0.2) is 29.1 Å². The van der Waals surface area contributed by atoms with E-state index >= 15 is 0 Å². The van der Waals surface area contributed by atoms with Crippen LogP contribution in [0.5, 0.6) is 0 Å². The van der Waals surface area contributed by atoms with Crippen molar-refractivity contribution in [1.29, 1.82) is 0 Å². The van der Waals surface area contributed by atoms with Gasteiger partial charge in [-0.3, -0.25) is 9.59 Å². The largest absolute Gasteiger partial charge is 0.396 e. The number of aliphatic hydroxyl groups is 1. The van der Waals surface area contributed by atoms with Gasteiger partial charge in [0.2, 0.25) is 0 Å². The zero-order valence-corrected chi connectivity index (χ0v) is 13.5. The number of benzene rings is 1. The van der Waals surface area contributed by atoms with Crippen molar-refractivity contribution in [1.82, 2.24) is 9.88 Å². The van der Waals surface area contributed by atoms with Crippen molar-refractivity contribution in [3.05, 3.63) is 45.7 Å². The smallest absolute Gasteiger partial charge is 0.261 e. The van der Waals surface area contributed by atoms with Crippen LogP contribution in [0.3, 0.4) is 0 Å². The van der Waals surface area contributed by atoms with Crippen molar-refractivity contribution < 1.29 is 14.6 Å². The molecule has 0 aliphatic carbocycles. The molecule has 0 unspecified atom stereocenters. The van der Waals surface area contributed by atoms with E-state index in [0.29, 0.717) is 25.3 Å². The fourth-order valence-electron chi connectivity index (χ4n) is 3.98. The molecule has 4 rings (SSSR count). The van der Waals surface area contributed by atoms with Gasteiger partial charge in [0.05, 0.1) is 12.7 Å². The predicted octanol–water partition coefficient (Wildman–Crippen LogP) is 0.916. The standard InChI is InChI=1S/C18H20N2O4/c1-10-12-4-2-3-5-14(12)19-17(22)16(10)18(23)20-6-13-11(8-21)9-24-15(13)7-20/h2-5,11,13,15,21H,6-9H2,1H3,(H,19,22)/t11-,13-,15-/m0/s1. The normalized spacial score (nSPS) is 26.1. The molecule has 6 heteroatoms. The maximum Gasteiger partial charge on any atom is 0.261 e. The number of rotatable bonds is 2. The van der Waals surface area contributed by atoms with Gasteiger partial charge in [-0.1, -0.05) is 18.2 Å². The first-order valence-corrected chi connectivity index (χ1v) is 8.23. The van der Waals surface area contributed by atoms with E-state index in [1.54, 1.807) is 4.90 Å². The molecule has 6 nitrogen and oxygen atoms in total. The minimum atomic E-state index is -0.354. The van der Waals surface area contributed by atoms with Crippen LogP contribution in [0.1, 0.15) is 15.9 Å². The van der Waals surface area contributed by atoms with E-state index in [1.165, 1.54) is 0 Å². The van der Waals surface area contributed by atoms with Crippen LogP contribution in [0.2, 0.25) is 0 Å². The van der Waals surface area contributed by atoms with Crippen molar-refractivity contribution in [2.45, 2.75) is 13.0 Å². The third-order valence-corrected chi connectivity index (χ3v) is 5.36. The van der Waals surface area contributed by atoms with Crippen molar-refractivity contribution >= 4 is 16.8 Å². The monoisotopic (exact) mass is 328 g/mol. The molecule has 0 radical (unpaired) electrons. The number of carbonyl (C=O) groups is 1. The summed E-state index contributed by atoms with van der Waals surface area (Å²) in [4.78, 5) is 29.9. The number of aliphatic hydroxyl groups excluding tert-OH is 1. The lowest BCUT2D eigenvalue weighted by Gasteiger charge is -2.20. The zero-order chi connectivity index (χ0) is 16.8. The van der Waals surface area contributed by atoms with Crippen molar-refractivity contribution in [3.63, 3.8) is 0 Å². The first-order chi connectivity index (χ1) is 11.6. The lowest BCUT2D eigenvalue weighted by atomic mass is 9.94. The maximum absolute atomic E-state index is 12.9.